The highest BCUT2D eigenvalue weighted by Crippen LogP contribution is 2.51. The summed E-state index contributed by atoms with van der Waals surface area (Å²) in [5, 5.41) is 0. The molecule has 0 radical (unpaired) electrons. The fraction of sp³-hybridized carbons (Fsp3) is 0.833. The second kappa shape index (κ2) is 14.4. The topological polar surface area (TPSA) is 22.1 Å². The number of halogens is 2. The molecule has 2 atom stereocenters. The molecule has 2 nitrogen and oxygen atoms in total. The van der Waals surface area contributed by atoms with Gasteiger partial charge < -0.3 is 4.74 Å². The first kappa shape index (κ1) is 27.4. The number of unbranched alkanes of at least 4 members (excludes halogenated alkanes) is 7. The summed E-state index contributed by atoms with van der Waals surface area (Å²) >= 11 is 0. The van der Waals surface area contributed by atoms with Gasteiger partial charge in [0, 0.05) is 24.0 Å². The summed E-state index contributed by atoms with van der Waals surface area (Å²) in [7, 11) is 0. The first-order valence-corrected chi connectivity index (χ1v) is 14.5. The molecular formula is C30H49F2NO. The van der Waals surface area contributed by atoms with Crippen LogP contribution in [0.1, 0.15) is 135 Å². The van der Waals surface area contributed by atoms with E-state index in [9.17, 15) is 0 Å². The zero-order chi connectivity index (χ0) is 24.2. The number of hydrogen-bond donors (Lipinski definition) is 0. The fourth-order valence-electron chi connectivity index (χ4n) is 6.36. The summed E-state index contributed by atoms with van der Waals surface area (Å²) in [6.45, 7) is 5.18. The van der Waals surface area contributed by atoms with Gasteiger partial charge in [0.25, 0.3) is 5.92 Å². The maximum atomic E-state index is 15.3. The molecule has 0 spiro atoms. The Bertz CT molecular complexity index is 669. The average Bonchev–Trinajstić information content (AvgIpc) is 2.84. The Morgan fingerprint density at radius 3 is 2.24 bits per heavy atom. The molecule has 4 heteroatoms. The van der Waals surface area contributed by atoms with Gasteiger partial charge in [-0.25, -0.2) is 8.78 Å². The lowest BCUT2D eigenvalue weighted by molar-refractivity contribution is -0.119. The molecule has 3 rings (SSSR count). The zero-order valence-electron chi connectivity index (χ0n) is 21.9. The number of pyridine rings is 1. The van der Waals surface area contributed by atoms with Crippen molar-refractivity contribution in [3.63, 3.8) is 0 Å². The summed E-state index contributed by atoms with van der Waals surface area (Å²) in [4.78, 5) is 4.53. The molecule has 0 aliphatic heterocycles. The van der Waals surface area contributed by atoms with Crippen molar-refractivity contribution in [3.8, 4) is 5.75 Å². The second-order valence-electron chi connectivity index (χ2n) is 11.2. The van der Waals surface area contributed by atoms with E-state index in [0.717, 1.165) is 55.9 Å². The maximum Gasteiger partial charge on any atom is 0.251 e. The molecule has 2 aliphatic rings. The summed E-state index contributed by atoms with van der Waals surface area (Å²) in [6.07, 6.45) is 20.1. The lowest BCUT2D eigenvalue weighted by Gasteiger charge is -2.42. The predicted molar refractivity (Wildman–Crippen MR) is 138 cm³/mol. The third-order valence-electron chi connectivity index (χ3n) is 8.51. The minimum absolute atomic E-state index is 0.0426. The Balaban J connectivity index is 1.41. The van der Waals surface area contributed by atoms with Crippen molar-refractivity contribution in [2.24, 2.45) is 17.8 Å². The molecule has 0 amide bonds. The first-order chi connectivity index (χ1) is 16.5. The highest BCUT2D eigenvalue weighted by atomic mass is 19.3. The molecule has 34 heavy (non-hydrogen) atoms. The van der Waals surface area contributed by atoms with Crippen LogP contribution in [0, 0.1) is 17.8 Å². The van der Waals surface area contributed by atoms with Crippen molar-refractivity contribution < 1.29 is 13.5 Å². The quantitative estimate of drug-likeness (QED) is 0.249. The van der Waals surface area contributed by atoms with E-state index >= 15 is 8.78 Å². The van der Waals surface area contributed by atoms with Gasteiger partial charge in [0.1, 0.15) is 5.75 Å². The highest BCUT2D eigenvalue weighted by molar-refractivity contribution is 5.22. The Hall–Kier alpha value is -1.19. The van der Waals surface area contributed by atoms with E-state index in [0.29, 0.717) is 13.0 Å². The highest BCUT2D eigenvalue weighted by Gasteiger charge is 2.49. The van der Waals surface area contributed by atoms with Gasteiger partial charge in [0.2, 0.25) is 0 Å². The van der Waals surface area contributed by atoms with Crippen molar-refractivity contribution in [1.82, 2.24) is 4.98 Å². The van der Waals surface area contributed by atoms with Gasteiger partial charge in [0.05, 0.1) is 12.8 Å². The normalized spacial score (nSPS) is 26.9. The van der Waals surface area contributed by atoms with Crippen LogP contribution in [-0.4, -0.2) is 17.5 Å². The van der Waals surface area contributed by atoms with E-state index in [1.54, 1.807) is 6.20 Å². The number of alkyl halides is 2. The summed E-state index contributed by atoms with van der Waals surface area (Å²) in [5.74, 6) is -1.39. The molecule has 194 valence electrons. The predicted octanol–water partition coefficient (Wildman–Crippen LogP) is 9.73. The summed E-state index contributed by atoms with van der Waals surface area (Å²) in [6, 6.07) is 3.84. The number of nitrogens with zero attached hydrogens (tertiary/aromatic N) is 1. The van der Waals surface area contributed by atoms with E-state index in [2.05, 4.69) is 18.8 Å². The van der Waals surface area contributed by atoms with Crippen LogP contribution in [0.25, 0.3) is 0 Å². The van der Waals surface area contributed by atoms with E-state index in [1.165, 1.54) is 57.8 Å². The van der Waals surface area contributed by atoms with Gasteiger partial charge in [-0.3, -0.25) is 4.98 Å². The summed E-state index contributed by atoms with van der Waals surface area (Å²) < 4.78 is 36.4. The Morgan fingerprint density at radius 1 is 0.853 bits per heavy atom. The zero-order valence-corrected chi connectivity index (χ0v) is 21.9. The van der Waals surface area contributed by atoms with Crippen LogP contribution in [0.15, 0.2) is 18.3 Å². The van der Waals surface area contributed by atoms with Crippen LogP contribution in [0.5, 0.6) is 5.75 Å². The number of ether oxygens (including phenoxy) is 1. The Kier molecular flexibility index (Phi) is 11.6. The maximum absolute atomic E-state index is 15.3. The van der Waals surface area contributed by atoms with Crippen molar-refractivity contribution in [3.05, 3.63) is 24.0 Å². The standard InChI is InChI=1S/C30H49F2NO/c1-3-5-7-8-9-11-21-34-27-18-20-29(33-23-27)26-17-19-28(30(31,32)22-26)25-15-13-24(14-16-25)12-10-6-4-2/h18,20,23-26,28H,3-17,19,21-22H2,1-2H3/t24?,25?,26-,28+/m0/s1. The molecule has 2 fully saturated rings. The van der Waals surface area contributed by atoms with Crippen molar-refractivity contribution >= 4 is 0 Å². The molecule has 1 aromatic heterocycles. The number of rotatable bonds is 14. The van der Waals surface area contributed by atoms with Gasteiger partial charge in [-0.1, -0.05) is 84.5 Å². The number of hydrogen-bond acceptors (Lipinski definition) is 2. The van der Waals surface area contributed by atoms with E-state index in [1.807, 2.05) is 12.1 Å². The van der Waals surface area contributed by atoms with Crippen LogP contribution >= 0.6 is 0 Å². The number of aromatic nitrogens is 1. The van der Waals surface area contributed by atoms with Crippen molar-refractivity contribution in [2.75, 3.05) is 6.61 Å². The SMILES string of the molecule is CCCCCCCCOc1ccc([C@H]2CC[C@H](C3CCC(CCCCC)CC3)C(F)(F)C2)nc1. The Morgan fingerprint density at radius 2 is 1.56 bits per heavy atom. The monoisotopic (exact) mass is 477 g/mol. The summed E-state index contributed by atoms with van der Waals surface area (Å²) in [5.41, 5.74) is 0.810. The van der Waals surface area contributed by atoms with Gasteiger partial charge in [-0.05, 0) is 56.1 Å². The van der Waals surface area contributed by atoms with Crippen LogP contribution in [0.4, 0.5) is 8.78 Å². The lowest BCUT2D eigenvalue weighted by Crippen LogP contribution is -2.40. The van der Waals surface area contributed by atoms with Gasteiger partial charge in [0.15, 0.2) is 0 Å². The van der Waals surface area contributed by atoms with Crippen LogP contribution in [0.3, 0.4) is 0 Å². The van der Waals surface area contributed by atoms with Crippen molar-refractivity contribution in [1.29, 1.82) is 0 Å². The molecule has 2 saturated carbocycles. The lowest BCUT2D eigenvalue weighted by atomic mass is 9.66. The van der Waals surface area contributed by atoms with Gasteiger partial charge in [-0.15, -0.1) is 0 Å². The largest absolute Gasteiger partial charge is 0.492 e. The average molecular weight is 478 g/mol. The first-order valence-electron chi connectivity index (χ1n) is 14.5. The van der Waals surface area contributed by atoms with Crippen LogP contribution < -0.4 is 4.74 Å². The molecule has 0 N–H and O–H groups in total. The third-order valence-corrected chi connectivity index (χ3v) is 8.51. The van der Waals surface area contributed by atoms with E-state index < -0.39 is 11.8 Å². The molecule has 0 aromatic carbocycles. The molecule has 0 bridgehead atoms. The van der Waals surface area contributed by atoms with E-state index in [-0.39, 0.29) is 18.3 Å². The van der Waals surface area contributed by atoms with E-state index in [4.69, 9.17) is 4.74 Å². The fourth-order valence-corrected chi connectivity index (χ4v) is 6.36. The Labute approximate surface area is 207 Å². The van der Waals surface area contributed by atoms with Crippen LogP contribution in [-0.2, 0) is 0 Å². The van der Waals surface area contributed by atoms with Gasteiger partial charge >= 0.3 is 0 Å². The van der Waals surface area contributed by atoms with Crippen LogP contribution in [0.2, 0.25) is 0 Å². The third kappa shape index (κ3) is 8.48. The molecule has 2 aliphatic carbocycles. The smallest absolute Gasteiger partial charge is 0.251 e. The molecule has 1 heterocycles. The molecule has 0 saturated heterocycles. The molecule has 1 aromatic rings. The van der Waals surface area contributed by atoms with Crippen molar-refractivity contribution in [2.45, 2.75) is 135 Å². The minimum atomic E-state index is -2.57. The minimum Gasteiger partial charge on any atom is -0.492 e. The van der Waals surface area contributed by atoms with Gasteiger partial charge in [-0.2, -0.15) is 0 Å². The molecule has 0 unspecified atom stereocenters. The second-order valence-corrected chi connectivity index (χ2v) is 11.2. The molecular weight excluding hydrogens is 428 g/mol.